The van der Waals surface area contributed by atoms with E-state index in [9.17, 15) is 4.79 Å². The Morgan fingerprint density at radius 1 is 1.08 bits per heavy atom. The van der Waals surface area contributed by atoms with Gasteiger partial charge in [-0.1, -0.05) is 37.0 Å². The number of aryl methyl sites for hydroxylation is 1. The van der Waals surface area contributed by atoms with E-state index >= 15 is 0 Å². The second-order valence-corrected chi connectivity index (χ2v) is 7.15. The van der Waals surface area contributed by atoms with Crippen LogP contribution in [-0.4, -0.2) is 33.7 Å². The van der Waals surface area contributed by atoms with Crippen molar-refractivity contribution in [1.82, 2.24) is 14.7 Å². The van der Waals surface area contributed by atoms with Gasteiger partial charge in [0.1, 0.15) is 0 Å². The topological polar surface area (TPSA) is 38.1 Å². The number of hydrogen-bond donors (Lipinski definition) is 0. The zero-order valence-corrected chi connectivity index (χ0v) is 16.2. The summed E-state index contributed by atoms with van der Waals surface area (Å²) in [5, 5.41) is 5.72. The van der Waals surface area contributed by atoms with E-state index in [1.807, 2.05) is 22.6 Å². The van der Waals surface area contributed by atoms with Gasteiger partial charge in [0.25, 0.3) is 5.91 Å². The molecule has 134 valence electrons. The standard InChI is InChI=1S/C19H23Cl2N3O/c1-3-16-18(19(25)23-10-6-5-7-11-23)17(4-2)24(22-16)13-8-9-14(20)15(21)12-13/h8-9,12H,3-7,10-11H2,1-2H3. The molecule has 1 aromatic heterocycles. The molecule has 0 N–H and O–H groups in total. The molecular formula is C19H23Cl2N3O. The van der Waals surface area contributed by atoms with Crippen LogP contribution in [0.1, 0.15) is 54.9 Å². The largest absolute Gasteiger partial charge is 0.339 e. The lowest BCUT2D eigenvalue weighted by atomic mass is 10.0. The maximum atomic E-state index is 13.2. The second kappa shape index (κ2) is 7.79. The van der Waals surface area contributed by atoms with Crippen LogP contribution in [0.25, 0.3) is 5.69 Å². The number of hydrogen-bond acceptors (Lipinski definition) is 2. The van der Waals surface area contributed by atoms with Gasteiger partial charge in [0, 0.05) is 13.1 Å². The Morgan fingerprint density at radius 3 is 2.40 bits per heavy atom. The van der Waals surface area contributed by atoms with Crippen molar-refractivity contribution in [2.24, 2.45) is 0 Å². The predicted molar refractivity (Wildman–Crippen MR) is 102 cm³/mol. The van der Waals surface area contributed by atoms with Crippen LogP contribution in [0.5, 0.6) is 0 Å². The highest BCUT2D eigenvalue weighted by molar-refractivity contribution is 6.42. The van der Waals surface area contributed by atoms with Crippen molar-refractivity contribution < 1.29 is 4.79 Å². The van der Waals surface area contributed by atoms with E-state index in [1.165, 1.54) is 6.42 Å². The molecule has 0 spiro atoms. The quantitative estimate of drug-likeness (QED) is 0.754. The fourth-order valence-corrected chi connectivity index (χ4v) is 3.70. The molecule has 2 aromatic rings. The first-order valence-electron chi connectivity index (χ1n) is 8.92. The highest BCUT2D eigenvalue weighted by Crippen LogP contribution is 2.28. The van der Waals surface area contributed by atoms with Crippen molar-refractivity contribution in [2.45, 2.75) is 46.0 Å². The van der Waals surface area contributed by atoms with Crippen molar-refractivity contribution in [1.29, 1.82) is 0 Å². The van der Waals surface area contributed by atoms with Crippen LogP contribution < -0.4 is 0 Å². The number of nitrogens with zero attached hydrogens (tertiary/aromatic N) is 3. The summed E-state index contributed by atoms with van der Waals surface area (Å²) in [7, 11) is 0. The van der Waals surface area contributed by atoms with Crippen molar-refractivity contribution in [3.8, 4) is 5.69 Å². The van der Waals surface area contributed by atoms with Gasteiger partial charge in [-0.2, -0.15) is 5.10 Å². The highest BCUT2D eigenvalue weighted by atomic mass is 35.5. The molecule has 6 heteroatoms. The number of aromatic nitrogens is 2. The summed E-state index contributed by atoms with van der Waals surface area (Å²) in [5.41, 5.74) is 3.38. The number of piperidine rings is 1. The van der Waals surface area contributed by atoms with Gasteiger partial charge < -0.3 is 4.90 Å². The smallest absolute Gasteiger partial charge is 0.257 e. The first kappa shape index (κ1) is 18.3. The van der Waals surface area contributed by atoms with E-state index in [0.29, 0.717) is 10.0 Å². The molecule has 1 saturated heterocycles. The summed E-state index contributed by atoms with van der Waals surface area (Å²) < 4.78 is 1.85. The maximum Gasteiger partial charge on any atom is 0.257 e. The van der Waals surface area contributed by atoms with Crippen LogP contribution in [0.3, 0.4) is 0 Å². The van der Waals surface area contributed by atoms with E-state index in [0.717, 1.165) is 61.4 Å². The van der Waals surface area contributed by atoms with Crippen molar-refractivity contribution in [3.63, 3.8) is 0 Å². The lowest BCUT2D eigenvalue weighted by Crippen LogP contribution is -2.36. The fourth-order valence-electron chi connectivity index (χ4n) is 3.41. The Hall–Kier alpha value is -1.52. The van der Waals surface area contributed by atoms with Gasteiger partial charge in [0.2, 0.25) is 0 Å². The minimum absolute atomic E-state index is 0.111. The van der Waals surface area contributed by atoms with Crippen molar-refractivity contribution >= 4 is 29.1 Å². The first-order valence-corrected chi connectivity index (χ1v) is 9.67. The van der Waals surface area contributed by atoms with Crippen LogP contribution in [0, 0.1) is 0 Å². The normalized spacial score (nSPS) is 14.8. The van der Waals surface area contributed by atoms with Crippen LogP contribution in [0.15, 0.2) is 18.2 Å². The Balaban J connectivity index is 2.07. The molecule has 1 aliphatic heterocycles. The number of carbonyl (C=O) groups is 1. The Labute approximate surface area is 158 Å². The summed E-state index contributed by atoms with van der Waals surface area (Å²) in [5.74, 6) is 0.111. The zero-order chi connectivity index (χ0) is 18.0. The third-order valence-corrected chi connectivity index (χ3v) is 5.47. The second-order valence-electron chi connectivity index (χ2n) is 6.34. The SMILES string of the molecule is CCc1nn(-c2ccc(Cl)c(Cl)c2)c(CC)c1C(=O)N1CCCCC1. The Morgan fingerprint density at radius 2 is 1.80 bits per heavy atom. The summed E-state index contributed by atoms with van der Waals surface area (Å²) in [6.45, 7) is 5.76. The third-order valence-electron chi connectivity index (χ3n) is 4.73. The van der Waals surface area contributed by atoms with Crippen LogP contribution >= 0.6 is 23.2 Å². The summed E-state index contributed by atoms with van der Waals surface area (Å²) in [4.78, 5) is 15.1. The molecule has 1 aromatic carbocycles. The number of benzene rings is 1. The minimum Gasteiger partial charge on any atom is -0.339 e. The van der Waals surface area contributed by atoms with Gasteiger partial charge in [-0.05, 0) is 50.3 Å². The molecule has 0 unspecified atom stereocenters. The molecule has 0 radical (unpaired) electrons. The van der Waals surface area contributed by atoms with Crippen LogP contribution in [0.4, 0.5) is 0 Å². The van der Waals surface area contributed by atoms with E-state index < -0.39 is 0 Å². The van der Waals surface area contributed by atoms with E-state index in [1.54, 1.807) is 12.1 Å². The first-order chi connectivity index (χ1) is 12.1. The van der Waals surface area contributed by atoms with Gasteiger partial charge in [-0.15, -0.1) is 0 Å². The minimum atomic E-state index is 0.111. The number of carbonyl (C=O) groups excluding carboxylic acids is 1. The maximum absolute atomic E-state index is 13.2. The van der Waals surface area contributed by atoms with Crippen molar-refractivity contribution in [2.75, 3.05) is 13.1 Å². The van der Waals surface area contributed by atoms with Crippen LogP contribution in [0.2, 0.25) is 10.0 Å². The van der Waals surface area contributed by atoms with Gasteiger partial charge in [0.15, 0.2) is 0 Å². The average Bonchev–Trinajstić information content (AvgIpc) is 3.02. The van der Waals surface area contributed by atoms with Gasteiger partial charge in [0.05, 0.1) is 32.7 Å². The Kier molecular flexibility index (Phi) is 5.70. The van der Waals surface area contributed by atoms with Gasteiger partial charge >= 0.3 is 0 Å². The predicted octanol–water partition coefficient (Wildman–Crippen LogP) is 4.93. The molecule has 3 rings (SSSR count). The Bertz CT molecular complexity index is 779. The van der Waals surface area contributed by atoms with Crippen molar-refractivity contribution in [3.05, 3.63) is 45.2 Å². The zero-order valence-electron chi connectivity index (χ0n) is 14.7. The molecule has 4 nitrogen and oxygen atoms in total. The molecule has 1 aliphatic rings. The van der Waals surface area contributed by atoms with Gasteiger partial charge in [-0.3, -0.25) is 4.79 Å². The highest BCUT2D eigenvalue weighted by Gasteiger charge is 2.27. The third kappa shape index (κ3) is 3.56. The number of amides is 1. The van der Waals surface area contributed by atoms with E-state index in [-0.39, 0.29) is 5.91 Å². The molecule has 0 saturated carbocycles. The molecule has 2 heterocycles. The summed E-state index contributed by atoms with van der Waals surface area (Å²) in [6.07, 6.45) is 4.80. The van der Waals surface area contributed by atoms with E-state index in [2.05, 4.69) is 6.92 Å². The van der Waals surface area contributed by atoms with E-state index in [4.69, 9.17) is 28.3 Å². The van der Waals surface area contributed by atoms with Gasteiger partial charge in [-0.25, -0.2) is 4.68 Å². The van der Waals surface area contributed by atoms with Crippen LogP contribution in [-0.2, 0) is 12.8 Å². The lowest BCUT2D eigenvalue weighted by Gasteiger charge is -2.27. The number of likely N-dealkylation sites (tertiary alicyclic amines) is 1. The molecule has 1 amide bonds. The molecule has 1 fully saturated rings. The molecule has 0 aliphatic carbocycles. The molecule has 0 bridgehead atoms. The average molecular weight is 380 g/mol. The number of halogens is 2. The lowest BCUT2D eigenvalue weighted by molar-refractivity contribution is 0.0722. The molecule has 25 heavy (non-hydrogen) atoms. The molecule has 0 atom stereocenters. The molecular weight excluding hydrogens is 357 g/mol. The monoisotopic (exact) mass is 379 g/mol. The summed E-state index contributed by atoms with van der Waals surface area (Å²) in [6, 6.07) is 5.44. The summed E-state index contributed by atoms with van der Waals surface area (Å²) >= 11 is 12.2. The number of rotatable bonds is 4. The fraction of sp³-hybridized carbons (Fsp3) is 0.474.